The Labute approximate surface area is 113 Å². The normalized spacial score (nSPS) is 16.3. The van der Waals surface area contributed by atoms with E-state index in [4.69, 9.17) is 10.6 Å². The van der Waals surface area contributed by atoms with E-state index in [2.05, 4.69) is 5.32 Å². The third-order valence-electron chi connectivity index (χ3n) is 3.20. The van der Waals surface area contributed by atoms with Gasteiger partial charge in [-0.15, -0.1) is 0 Å². The SMILES string of the molecule is Cc1ccc(N)cc1NC(=O)CCN1CCCCO1. The Balaban J connectivity index is 1.81. The molecule has 1 saturated heterocycles. The van der Waals surface area contributed by atoms with Gasteiger partial charge < -0.3 is 11.1 Å². The Morgan fingerprint density at radius 1 is 1.47 bits per heavy atom. The van der Waals surface area contributed by atoms with Gasteiger partial charge in [0.25, 0.3) is 0 Å². The summed E-state index contributed by atoms with van der Waals surface area (Å²) in [7, 11) is 0. The van der Waals surface area contributed by atoms with Crippen molar-refractivity contribution < 1.29 is 9.63 Å². The Morgan fingerprint density at radius 3 is 3.05 bits per heavy atom. The maximum absolute atomic E-state index is 11.9. The lowest BCUT2D eigenvalue weighted by Gasteiger charge is -2.25. The Bertz CT molecular complexity index is 442. The van der Waals surface area contributed by atoms with E-state index in [0.717, 1.165) is 37.2 Å². The molecule has 3 N–H and O–H groups in total. The van der Waals surface area contributed by atoms with Gasteiger partial charge in [0, 0.05) is 30.9 Å². The molecule has 2 rings (SSSR count). The molecule has 0 unspecified atom stereocenters. The van der Waals surface area contributed by atoms with E-state index in [-0.39, 0.29) is 5.91 Å². The molecule has 0 bridgehead atoms. The molecule has 1 aliphatic heterocycles. The molecule has 0 aliphatic carbocycles. The summed E-state index contributed by atoms with van der Waals surface area (Å²) in [5.41, 5.74) is 8.16. The van der Waals surface area contributed by atoms with Gasteiger partial charge in [-0.1, -0.05) is 6.07 Å². The maximum Gasteiger partial charge on any atom is 0.225 e. The van der Waals surface area contributed by atoms with E-state index in [9.17, 15) is 4.79 Å². The van der Waals surface area contributed by atoms with Gasteiger partial charge in [-0.05, 0) is 37.5 Å². The largest absolute Gasteiger partial charge is 0.399 e. The van der Waals surface area contributed by atoms with Crippen LogP contribution in [-0.2, 0) is 9.63 Å². The fourth-order valence-corrected chi connectivity index (χ4v) is 2.04. The van der Waals surface area contributed by atoms with Crippen molar-refractivity contribution in [2.75, 3.05) is 30.7 Å². The number of hydrogen-bond acceptors (Lipinski definition) is 4. The minimum Gasteiger partial charge on any atom is -0.399 e. The number of hydroxylamine groups is 2. The highest BCUT2D eigenvalue weighted by Crippen LogP contribution is 2.18. The number of hydrogen-bond donors (Lipinski definition) is 2. The van der Waals surface area contributed by atoms with E-state index in [1.54, 1.807) is 6.07 Å². The monoisotopic (exact) mass is 263 g/mol. The number of nitrogens with zero attached hydrogens (tertiary/aromatic N) is 1. The third kappa shape index (κ3) is 4.22. The minimum absolute atomic E-state index is 0.0112. The van der Waals surface area contributed by atoms with Gasteiger partial charge in [0.2, 0.25) is 5.91 Å². The molecule has 1 aromatic rings. The zero-order chi connectivity index (χ0) is 13.7. The van der Waals surface area contributed by atoms with Crippen LogP contribution >= 0.6 is 0 Å². The quantitative estimate of drug-likeness (QED) is 0.815. The van der Waals surface area contributed by atoms with Crippen LogP contribution in [0.1, 0.15) is 24.8 Å². The average molecular weight is 263 g/mol. The highest BCUT2D eigenvalue weighted by molar-refractivity contribution is 5.92. The Morgan fingerprint density at radius 2 is 2.32 bits per heavy atom. The van der Waals surface area contributed by atoms with Crippen LogP contribution in [0.3, 0.4) is 0 Å². The summed E-state index contributed by atoms with van der Waals surface area (Å²) in [5, 5.41) is 4.76. The van der Waals surface area contributed by atoms with Crippen LogP contribution in [0.25, 0.3) is 0 Å². The van der Waals surface area contributed by atoms with Gasteiger partial charge in [-0.25, -0.2) is 0 Å². The lowest BCUT2D eigenvalue weighted by molar-refractivity contribution is -0.181. The molecular formula is C14H21N3O2. The predicted octanol–water partition coefficient (Wildman–Crippen LogP) is 1.93. The first-order valence-corrected chi connectivity index (χ1v) is 6.69. The Hall–Kier alpha value is -1.59. The van der Waals surface area contributed by atoms with E-state index < -0.39 is 0 Å². The molecule has 1 fully saturated rings. The highest BCUT2D eigenvalue weighted by atomic mass is 16.7. The summed E-state index contributed by atoms with van der Waals surface area (Å²) in [6, 6.07) is 5.51. The van der Waals surface area contributed by atoms with Crippen LogP contribution in [0.15, 0.2) is 18.2 Å². The Kier molecular flexibility index (Phi) is 4.76. The standard InChI is InChI=1S/C14H21N3O2/c1-11-4-5-12(15)10-13(11)16-14(18)6-8-17-7-2-3-9-19-17/h4-5,10H,2-3,6-9,15H2,1H3,(H,16,18). The summed E-state index contributed by atoms with van der Waals surface area (Å²) < 4.78 is 0. The van der Waals surface area contributed by atoms with E-state index in [0.29, 0.717) is 18.7 Å². The second-order valence-corrected chi connectivity index (χ2v) is 4.84. The van der Waals surface area contributed by atoms with Gasteiger partial charge >= 0.3 is 0 Å². The first-order valence-electron chi connectivity index (χ1n) is 6.69. The maximum atomic E-state index is 11.9. The van der Waals surface area contributed by atoms with Crippen molar-refractivity contribution in [3.8, 4) is 0 Å². The molecule has 1 aromatic carbocycles. The molecule has 1 aliphatic rings. The fourth-order valence-electron chi connectivity index (χ4n) is 2.04. The molecular weight excluding hydrogens is 242 g/mol. The van der Waals surface area contributed by atoms with Gasteiger partial charge in [0.1, 0.15) is 0 Å². The molecule has 0 radical (unpaired) electrons. The molecule has 0 atom stereocenters. The smallest absolute Gasteiger partial charge is 0.225 e. The van der Waals surface area contributed by atoms with Crippen molar-refractivity contribution in [1.29, 1.82) is 0 Å². The first kappa shape index (κ1) is 13.8. The van der Waals surface area contributed by atoms with Crippen LogP contribution in [-0.4, -0.2) is 30.7 Å². The summed E-state index contributed by atoms with van der Waals surface area (Å²) in [4.78, 5) is 17.3. The van der Waals surface area contributed by atoms with Crippen LogP contribution in [0.4, 0.5) is 11.4 Å². The molecule has 5 heteroatoms. The molecule has 0 saturated carbocycles. The average Bonchev–Trinajstić information content (AvgIpc) is 2.42. The van der Waals surface area contributed by atoms with Gasteiger partial charge in [0.05, 0.1) is 6.61 Å². The molecule has 1 heterocycles. The molecule has 104 valence electrons. The number of nitrogen functional groups attached to an aromatic ring is 1. The van der Waals surface area contributed by atoms with Crippen LogP contribution < -0.4 is 11.1 Å². The summed E-state index contributed by atoms with van der Waals surface area (Å²) in [6.07, 6.45) is 2.66. The van der Waals surface area contributed by atoms with Crippen LogP contribution in [0.5, 0.6) is 0 Å². The first-order chi connectivity index (χ1) is 9.15. The van der Waals surface area contributed by atoms with Gasteiger partial charge in [-0.3, -0.25) is 9.63 Å². The molecule has 19 heavy (non-hydrogen) atoms. The number of benzene rings is 1. The number of rotatable bonds is 4. The van der Waals surface area contributed by atoms with Crippen molar-refractivity contribution in [2.24, 2.45) is 0 Å². The van der Waals surface area contributed by atoms with Crippen LogP contribution in [0.2, 0.25) is 0 Å². The number of anilines is 2. The summed E-state index contributed by atoms with van der Waals surface area (Å²) in [6.45, 7) is 4.25. The van der Waals surface area contributed by atoms with Crippen molar-refractivity contribution in [3.05, 3.63) is 23.8 Å². The zero-order valence-electron chi connectivity index (χ0n) is 11.3. The minimum atomic E-state index is -0.0112. The van der Waals surface area contributed by atoms with E-state index in [1.165, 1.54) is 0 Å². The predicted molar refractivity (Wildman–Crippen MR) is 75.6 cm³/mol. The fraction of sp³-hybridized carbons (Fsp3) is 0.500. The number of amides is 1. The molecule has 5 nitrogen and oxygen atoms in total. The van der Waals surface area contributed by atoms with Gasteiger partial charge in [-0.2, -0.15) is 5.06 Å². The number of carbonyl (C=O) groups excluding carboxylic acids is 1. The number of carbonyl (C=O) groups is 1. The highest BCUT2D eigenvalue weighted by Gasteiger charge is 2.13. The second kappa shape index (κ2) is 6.54. The van der Waals surface area contributed by atoms with Crippen molar-refractivity contribution in [1.82, 2.24) is 5.06 Å². The van der Waals surface area contributed by atoms with E-state index >= 15 is 0 Å². The topological polar surface area (TPSA) is 67.6 Å². The summed E-state index contributed by atoms with van der Waals surface area (Å²) >= 11 is 0. The van der Waals surface area contributed by atoms with Crippen molar-refractivity contribution in [2.45, 2.75) is 26.2 Å². The lowest BCUT2D eigenvalue weighted by Crippen LogP contribution is -2.32. The second-order valence-electron chi connectivity index (χ2n) is 4.84. The molecule has 0 aromatic heterocycles. The van der Waals surface area contributed by atoms with Crippen molar-refractivity contribution in [3.63, 3.8) is 0 Å². The van der Waals surface area contributed by atoms with Gasteiger partial charge in [0.15, 0.2) is 0 Å². The number of nitrogens with one attached hydrogen (secondary N) is 1. The molecule has 1 amide bonds. The molecule has 0 spiro atoms. The number of aryl methyl sites for hydroxylation is 1. The summed E-state index contributed by atoms with van der Waals surface area (Å²) in [5.74, 6) is -0.0112. The zero-order valence-corrected chi connectivity index (χ0v) is 11.3. The van der Waals surface area contributed by atoms with Crippen molar-refractivity contribution >= 4 is 17.3 Å². The van der Waals surface area contributed by atoms with E-state index in [1.807, 2.05) is 24.1 Å². The third-order valence-corrected chi connectivity index (χ3v) is 3.20. The lowest BCUT2D eigenvalue weighted by atomic mass is 10.2. The number of nitrogens with two attached hydrogens (primary N) is 1. The van der Waals surface area contributed by atoms with Crippen LogP contribution in [0, 0.1) is 6.92 Å².